The molecule has 0 heterocycles. The molecule has 3 heteroatoms. The first-order valence-corrected chi connectivity index (χ1v) is 9.14. The van der Waals surface area contributed by atoms with Crippen molar-refractivity contribution in [2.45, 2.75) is 32.1 Å². The molecular weight excluding hydrogens is 336 g/mol. The molecule has 0 aromatic heterocycles. The number of rotatable bonds is 6. The Labute approximate surface area is 159 Å². The van der Waals surface area contributed by atoms with Crippen LogP contribution in [0.3, 0.4) is 0 Å². The number of benzene rings is 3. The quantitative estimate of drug-likeness (QED) is 0.591. The van der Waals surface area contributed by atoms with E-state index in [1.807, 2.05) is 42.5 Å². The molecule has 0 aliphatic rings. The molecule has 0 saturated heterocycles. The van der Waals surface area contributed by atoms with Gasteiger partial charge in [0.25, 0.3) is 0 Å². The van der Waals surface area contributed by atoms with Crippen molar-refractivity contribution in [2.75, 3.05) is 0 Å². The largest absolute Gasteiger partial charge is 0.507 e. The molecule has 0 saturated carbocycles. The van der Waals surface area contributed by atoms with Crippen LogP contribution in [-0.2, 0) is 0 Å². The van der Waals surface area contributed by atoms with E-state index < -0.39 is 5.97 Å². The van der Waals surface area contributed by atoms with Crippen molar-refractivity contribution in [3.8, 4) is 5.75 Å². The summed E-state index contributed by atoms with van der Waals surface area (Å²) in [7, 11) is 0. The average Bonchev–Trinajstić information content (AvgIpc) is 2.69. The standard InChI is InChI=1S/C24H24O3/c1-16(18-9-5-3-6-10-18)14-21(19-11-7-4-8-12-19)20-13-17(2)23(25)22(15-20)24(26)27/h3-13,15-16,21,25H,14H2,1-2H3,(H,26,27). The Kier molecular flexibility index (Phi) is 5.60. The first-order chi connectivity index (χ1) is 13.0. The van der Waals surface area contributed by atoms with Crippen molar-refractivity contribution >= 4 is 5.97 Å². The lowest BCUT2D eigenvalue weighted by Crippen LogP contribution is -2.09. The van der Waals surface area contributed by atoms with E-state index >= 15 is 0 Å². The molecule has 0 amide bonds. The summed E-state index contributed by atoms with van der Waals surface area (Å²) in [6.07, 6.45) is 0.845. The lowest BCUT2D eigenvalue weighted by molar-refractivity contribution is 0.0693. The zero-order valence-corrected chi connectivity index (χ0v) is 15.6. The SMILES string of the molecule is Cc1cc(C(CC(C)c2ccccc2)c2ccccc2)cc(C(=O)O)c1O. The van der Waals surface area contributed by atoms with Crippen LogP contribution in [-0.4, -0.2) is 16.2 Å². The maximum atomic E-state index is 11.6. The lowest BCUT2D eigenvalue weighted by atomic mass is 9.81. The molecule has 3 nitrogen and oxygen atoms in total. The fraction of sp³-hybridized carbons (Fsp3) is 0.208. The third kappa shape index (κ3) is 4.20. The predicted molar refractivity (Wildman–Crippen MR) is 108 cm³/mol. The second kappa shape index (κ2) is 8.09. The van der Waals surface area contributed by atoms with Crippen LogP contribution in [0.25, 0.3) is 0 Å². The van der Waals surface area contributed by atoms with Crippen LogP contribution in [0.1, 0.15) is 57.8 Å². The molecule has 0 aliphatic heterocycles. The summed E-state index contributed by atoms with van der Waals surface area (Å²) in [6.45, 7) is 3.94. The number of phenols is 1. The highest BCUT2D eigenvalue weighted by atomic mass is 16.4. The topological polar surface area (TPSA) is 57.5 Å². The summed E-state index contributed by atoms with van der Waals surface area (Å²) >= 11 is 0. The summed E-state index contributed by atoms with van der Waals surface area (Å²) in [5.74, 6) is -0.924. The van der Waals surface area contributed by atoms with E-state index in [1.165, 1.54) is 5.56 Å². The predicted octanol–water partition coefficient (Wildman–Crippen LogP) is 5.72. The van der Waals surface area contributed by atoms with Crippen molar-refractivity contribution in [1.29, 1.82) is 0 Å². The number of hydrogen-bond donors (Lipinski definition) is 2. The molecule has 0 radical (unpaired) electrons. The van der Waals surface area contributed by atoms with E-state index in [4.69, 9.17) is 0 Å². The second-order valence-electron chi connectivity index (χ2n) is 7.05. The van der Waals surface area contributed by atoms with Crippen molar-refractivity contribution in [2.24, 2.45) is 0 Å². The zero-order valence-electron chi connectivity index (χ0n) is 15.6. The van der Waals surface area contributed by atoms with E-state index in [-0.39, 0.29) is 17.2 Å². The normalized spacial score (nSPS) is 13.1. The minimum Gasteiger partial charge on any atom is -0.507 e. The lowest BCUT2D eigenvalue weighted by Gasteiger charge is -2.23. The van der Waals surface area contributed by atoms with Gasteiger partial charge in [-0.3, -0.25) is 0 Å². The molecule has 3 aromatic carbocycles. The summed E-state index contributed by atoms with van der Waals surface area (Å²) in [5.41, 5.74) is 3.85. The molecule has 0 fully saturated rings. The van der Waals surface area contributed by atoms with Gasteiger partial charge in [0.05, 0.1) is 0 Å². The zero-order chi connectivity index (χ0) is 19.4. The molecule has 138 valence electrons. The van der Waals surface area contributed by atoms with Gasteiger partial charge in [-0.2, -0.15) is 0 Å². The van der Waals surface area contributed by atoms with Crippen LogP contribution >= 0.6 is 0 Å². The van der Waals surface area contributed by atoms with Crippen molar-refractivity contribution in [3.05, 3.63) is 101 Å². The highest BCUT2D eigenvalue weighted by Gasteiger charge is 2.22. The molecule has 3 aromatic rings. The fourth-order valence-corrected chi connectivity index (χ4v) is 3.59. The Bertz CT molecular complexity index is 917. The van der Waals surface area contributed by atoms with Crippen LogP contribution in [0.2, 0.25) is 0 Å². The Morgan fingerprint density at radius 3 is 2.00 bits per heavy atom. The first-order valence-electron chi connectivity index (χ1n) is 9.14. The Morgan fingerprint density at radius 1 is 0.889 bits per heavy atom. The van der Waals surface area contributed by atoms with Gasteiger partial charge < -0.3 is 10.2 Å². The molecule has 0 spiro atoms. The fourth-order valence-electron chi connectivity index (χ4n) is 3.59. The molecule has 3 rings (SSSR count). The van der Waals surface area contributed by atoms with Crippen LogP contribution in [0.4, 0.5) is 0 Å². The minimum atomic E-state index is -1.11. The molecule has 0 aliphatic carbocycles. The summed E-state index contributed by atoms with van der Waals surface area (Å²) in [5, 5.41) is 19.6. The van der Waals surface area contributed by atoms with Crippen LogP contribution in [0, 0.1) is 6.92 Å². The van der Waals surface area contributed by atoms with Gasteiger partial charge in [0.1, 0.15) is 11.3 Å². The smallest absolute Gasteiger partial charge is 0.339 e. The van der Waals surface area contributed by atoms with E-state index in [0.29, 0.717) is 11.5 Å². The number of carboxylic acids is 1. The molecule has 2 unspecified atom stereocenters. The number of hydrogen-bond acceptors (Lipinski definition) is 2. The minimum absolute atomic E-state index is 0.0406. The van der Waals surface area contributed by atoms with Gasteiger partial charge >= 0.3 is 5.97 Å². The van der Waals surface area contributed by atoms with Gasteiger partial charge in [-0.25, -0.2) is 4.79 Å². The molecule has 2 N–H and O–H groups in total. The number of carbonyl (C=O) groups is 1. The molecule has 27 heavy (non-hydrogen) atoms. The van der Waals surface area contributed by atoms with Crippen molar-refractivity contribution in [1.82, 2.24) is 0 Å². The number of aromatic carboxylic acids is 1. The first kappa shape index (κ1) is 18.7. The third-order valence-electron chi connectivity index (χ3n) is 5.12. The number of carboxylic acid groups (broad SMARTS) is 1. The average molecular weight is 360 g/mol. The van der Waals surface area contributed by atoms with Gasteiger partial charge in [-0.15, -0.1) is 0 Å². The van der Waals surface area contributed by atoms with Crippen molar-refractivity contribution in [3.63, 3.8) is 0 Å². The Hall–Kier alpha value is -3.07. The second-order valence-corrected chi connectivity index (χ2v) is 7.05. The molecular formula is C24H24O3. The highest BCUT2D eigenvalue weighted by molar-refractivity contribution is 5.91. The third-order valence-corrected chi connectivity index (χ3v) is 5.12. The molecule has 2 atom stereocenters. The Balaban J connectivity index is 2.05. The van der Waals surface area contributed by atoms with Gasteiger partial charge in [0, 0.05) is 5.92 Å². The monoisotopic (exact) mass is 360 g/mol. The van der Waals surface area contributed by atoms with Gasteiger partial charge in [-0.05, 0) is 47.6 Å². The summed E-state index contributed by atoms with van der Waals surface area (Å²) in [6, 6.07) is 24.0. The number of aryl methyl sites for hydroxylation is 1. The van der Waals surface area contributed by atoms with Gasteiger partial charge in [-0.1, -0.05) is 73.7 Å². The molecule has 0 bridgehead atoms. The van der Waals surface area contributed by atoms with Crippen LogP contribution in [0.5, 0.6) is 5.75 Å². The van der Waals surface area contributed by atoms with E-state index in [9.17, 15) is 15.0 Å². The van der Waals surface area contributed by atoms with Gasteiger partial charge in [0.15, 0.2) is 0 Å². The van der Waals surface area contributed by atoms with E-state index in [0.717, 1.165) is 17.5 Å². The van der Waals surface area contributed by atoms with Gasteiger partial charge in [0.2, 0.25) is 0 Å². The van der Waals surface area contributed by atoms with Crippen LogP contribution in [0.15, 0.2) is 72.8 Å². The van der Waals surface area contributed by atoms with Crippen LogP contribution < -0.4 is 0 Å². The van der Waals surface area contributed by atoms with Crippen molar-refractivity contribution < 1.29 is 15.0 Å². The van der Waals surface area contributed by atoms with E-state index in [1.54, 1.807) is 13.0 Å². The van der Waals surface area contributed by atoms with E-state index in [2.05, 4.69) is 31.2 Å². The maximum Gasteiger partial charge on any atom is 0.339 e. The summed E-state index contributed by atoms with van der Waals surface area (Å²) < 4.78 is 0. The summed E-state index contributed by atoms with van der Waals surface area (Å²) in [4.78, 5) is 11.6. The number of aromatic hydroxyl groups is 1. The Morgan fingerprint density at radius 2 is 1.44 bits per heavy atom. The maximum absolute atomic E-state index is 11.6. The highest BCUT2D eigenvalue weighted by Crippen LogP contribution is 2.37.